The molecule has 1 N–H and O–H groups in total. The first-order chi connectivity index (χ1) is 8.66. The van der Waals surface area contributed by atoms with Crippen molar-refractivity contribution < 1.29 is 0 Å². The topological polar surface area (TPSA) is 24.9 Å². The highest BCUT2D eigenvalue weighted by Gasteiger charge is 2.05. The molecule has 0 fully saturated rings. The molecular formula is C16H20N2. The Morgan fingerprint density at radius 3 is 2.56 bits per heavy atom. The number of aryl methyl sites for hydroxylation is 2. The van der Waals surface area contributed by atoms with Crippen molar-refractivity contribution in [1.82, 2.24) is 10.3 Å². The highest BCUT2D eigenvalue weighted by atomic mass is 14.9. The van der Waals surface area contributed by atoms with Crippen LogP contribution in [0, 0.1) is 13.8 Å². The number of pyridine rings is 1. The lowest BCUT2D eigenvalue weighted by molar-refractivity contribution is 0.572. The van der Waals surface area contributed by atoms with Crippen LogP contribution in [-0.2, 0) is 6.54 Å². The molecule has 1 aromatic heterocycles. The van der Waals surface area contributed by atoms with Gasteiger partial charge in [0, 0.05) is 25.0 Å². The van der Waals surface area contributed by atoms with Gasteiger partial charge in [-0.2, -0.15) is 0 Å². The maximum Gasteiger partial charge on any atom is 0.0296 e. The molecular weight excluding hydrogens is 220 g/mol. The minimum atomic E-state index is 0.341. The van der Waals surface area contributed by atoms with Crippen LogP contribution in [0.1, 0.15) is 35.2 Å². The van der Waals surface area contributed by atoms with Gasteiger partial charge in [0.25, 0.3) is 0 Å². The number of hydrogen-bond donors (Lipinski definition) is 1. The molecule has 2 rings (SSSR count). The fourth-order valence-corrected chi connectivity index (χ4v) is 2.02. The number of benzene rings is 1. The van der Waals surface area contributed by atoms with Crippen LogP contribution in [0.5, 0.6) is 0 Å². The summed E-state index contributed by atoms with van der Waals surface area (Å²) < 4.78 is 0. The average molecular weight is 240 g/mol. The Labute approximate surface area is 109 Å². The molecule has 0 saturated heterocycles. The third-order valence-electron chi connectivity index (χ3n) is 3.31. The predicted octanol–water partition coefficient (Wildman–Crippen LogP) is 3.55. The van der Waals surface area contributed by atoms with Gasteiger partial charge in [-0.15, -0.1) is 0 Å². The van der Waals surface area contributed by atoms with Crippen LogP contribution in [0.25, 0.3) is 0 Å². The van der Waals surface area contributed by atoms with Gasteiger partial charge in [-0.05, 0) is 49.6 Å². The summed E-state index contributed by atoms with van der Waals surface area (Å²) in [6.45, 7) is 7.38. The SMILES string of the molecule is Cc1ccc(C)c(CN[C@@H](C)c2ccncc2)c1. The van der Waals surface area contributed by atoms with Crippen molar-refractivity contribution in [3.05, 3.63) is 65.0 Å². The lowest BCUT2D eigenvalue weighted by Crippen LogP contribution is -2.18. The summed E-state index contributed by atoms with van der Waals surface area (Å²) in [5, 5.41) is 3.56. The van der Waals surface area contributed by atoms with Gasteiger partial charge in [0.1, 0.15) is 0 Å². The van der Waals surface area contributed by atoms with Gasteiger partial charge in [-0.25, -0.2) is 0 Å². The zero-order valence-electron chi connectivity index (χ0n) is 11.3. The van der Waals surface area contributed by atoms with Crippen molar-refractivity contribution in [3.63, 3.8) is 0 Å². The number of hydrogen-bond acceptors (Lipinski definition) is 2. The standard InChI is InChI=1S/C16H20N2/c1-12-4-5-13(2)16(10-12)11-18-14(3)15-6-8-17-9-7-15/h4-10,14,18H,11H2,1-3H3/t14-/m0/s1. The Bertz CT molecular complexity index is 506. The predicted molar refractivity (Wildman–Crippen MR) is 75.4 cm³/mol. The minimum Gasteiger partial charge on any atom is -0.306 e. The van der Waals surface area contributed by atoms with Crippen LogP contribution in [0.4, 0.5) is 0 Å². The molecule has 0 unspecified atom stereocenters. The minimum absolute atomic E-state index is 0.341. The molecule has 18 heavy (non-hydrogen) atoms. The van der Waals surface area contributed by atoms with E-state index in [1.807, 2.05) is 12.4 Å². The highest BCUT2D eigenvalue weighted by Crippen LogP contribution is 2.14. The monoisotopic (exact) mass is 240 g/mol. The van der Waals surface area contributed by atoms with E-state index in [-0.39, 0.29) is 0 Å². The summed E-state index contributed by atoms with van der Waals surface area (Å²) in [5.74, 6) is 0. The Balaban J connectivity index is 2.01. The van der Waals surface area contributed by atoms with Crippen molar-refractivity contribution in [2.24, 2.45) is 0 Å². The van der Waals surface area contributed by atoms with E-state index >= 15 is 0 Å². The first-order valence-electron chi connectivity index (χ1n) is 6.36. The van der Waals surface area contributed by atoms with Crippen LogP contribution in [0.3, 0.4) is 0 Å². The Kier molecular flexibility index (Phi) is 4.11. The zero-order chi connectivity index (χ0) is 13.0. The molecule has 2 heteroatoms. The molecule has 94 valence electrons. The maximum absolute atomic E-state index is 4.04. The van der Waals surface area contributed by atoms with Crippen LogP contribution < -0.4 is 5.32 Å². The molecule has 0 amide bonds. The highest BCUT2D eigenvalue weighted by molar-refractivity contribution is 5.30. The molecule has 1 atom stereocenters. The van der Waals surface area contributed by atoms with E-state index in [0.29, 0.717) is 6.04 Å². The van der Waals surface area contributed by atoms with Gasteiger partial charge in [0.15, 0.2) is 0 Å². The summed E-state index contributed by atoms with van der Waals surface area (Å²) >= 11 is 0. The first-order valence-corrected chi connectivity index (χ1v) is 6.36. The van der Waals surface area contributed by atoms with Crippen molar-refractivity contribution in [1.29, 1.82) is 0 Å². The number of nitrogens with zero attached hydrogens (tertiary/aromatic N) is 1. The van der Waals surface area contributed by atoms with Gasteiger partial charge in [-0.3, -0.25) is 4.98 Å². The molecule has 0 aliphatic carbocycles. The Hall–Kier alpha value is -1.67. The summed E-state index contributed by atoms with van der Waals surface area (Å²) in [7, 11) is 0. The van der Waals surface area contributed by atoms with Crippen LogP contribution in [0.2, 0.25) is 0 Å². The third-order valence-corrected chi connectivity index (χ3v) is 3.31. The lowest BCUT2D eigenvalue weighted by Gasteiger charge is -2.15. The molecule has 0 radical (unpaired) electrons. The smallest absolute Gasteiger partial charge is 0.0296 e. The lowest BCUT2D eigenvalue weighted by atomic mass is 10.0. The Morgan fingerprint density at radius 1 is 1.11 bits per heavy atom. The van der Waals surface area contributed by atoms with Gasteiger partial charge >= 0.3 is 0 Å². The third kappa shape index (κ3) is 3.17. The van der Waals surface area contributed by atoms with Crippen LogP contribution in [-0.4, -0.2) is 4.98 Å². The number of aromatic nitrogens is 1. The van der Waals surface area contributed by atoms with Crippen LogP contribution >= 0.6 is 0 Å². The van der Waals surface area contributed by atoms with Crippen molar-refractivity contribution in [2.75, 3.05) is 0 Å². The number of rotatable bonds is 4. The largest absolute Gasteiger partial charge is 0.306 e. The van der Waals surface area contributed by atoms with E-state index in [1.54, 1.807) is 0 Å². The molecule has 0 aliphatic heterocycles. The summed E-state index contributed by atoms with van der Waals surface area (Å²) in [5.41, 5.74) is 5.30. The molecule has 2 nitrogen and oxygen atoms in total. The summed E-state index contributed by atoms with van der Waals surface area (Å²) in [6.07, 6.45) is 3.68. The van der Waals surface area contributed by atoms with Crippen LogP contribution in [0.15, 0.2) is 42.7 Å². The molecule has 1 aromatic carbocycles. The summed E-state index contributed by atoms with van der Waals surface area (Å²) in [4.78, 5) is 4.04. The van der Waals surface area contributed by atoms with Gasteiger partial charge in [0.2, 0.25) is 0 Å². The van der Waals surface area contributed by atoms with Gasteiger partial charge in [0.05, 0.1) is 0 Å². The molecule has 1 heterocycles. The quantitative estimate of drug-likeness (QED) is 0.884. The van der Waals surface area contributed by atoms with Gasteiger partial charge < -0.3 is 5.32 Å². The van der Waals surface area contributed by atoms with E-state index in [4.69, 9.17) is 0 Å². The van der Waals surface area contributed by atoms with Crippen molar-refractivity contribution >= 4 is 0 Å². The van der Waals surface area contributed by atoms with E-state index in [1.165, 1.54) is 22.3 Å². The first kappa shape index (κ1) is 12.8. The van der Waals surface area contributed by atoms with E-state index in [9.17, 15) is 0 Å². The Morgan fingerprint density at radius 2 is 1.83 bits per heavy atom. The molecule has 0 bridgehead atoms. The second-order valence-electron chi connectivity index (χ2n) is 4.81. The fraction of sp³-hybridized carbons (Fsp3) is 0.312. The normalized spacial score (nSPS) is 12.4. The molecule has 0 spiro atoms. The summed E-state index contributed by atoms with van der Waals surface area (Å²) in [6, 6.07) is 11.0. The molecule has 2 aromatic rings. The van der Waals surface area contributed by atoms with E-state index < -0.39 is 0 Å². The van der Waals surface area contributed by atoms with Crippen molar-refractivity contribution in [2.45, 2.75) is 33.4 Å². The van der Waals surface area contributed by atoms with Crippen molar-refractivity contribution in [3.8, 4) is 0 Å². The molecule has 0 aliphatic rings. The average Bonchev–Trinajstić information content (AvgIpc) is 2.40. The second kappa shape index (κ2) is 5.78. The zero-order valence-corrected chi connectivity index (χ0v) is 11.3. The van der Waals surface area contributed by atoms with E-state index in [2.05, 4.69) is 61.4 Å². The number of nitrogens with one attached hydrogen (secondary N) is 1. The van der Waals surface area contributed by atoms with E-state index in [0.717, 1.165) is 6.54 Å². The maximum atomic E-state index is 4.04. The second-order valence-corrected chi connectivity index (χ2v) is 4.81. The molecule has 0 saturated carbocycles. The fourth-order valence-electron chi connectivity index (χ4n) is 2.02. The van der Waals surface area contributed by atoms with Gasteiger partial charge in [-0.1, -0.05) is 23.8 Å².